The molecule has 5 heteroatoms. The van der Waals surface area contributed by atoms with Crippen molar-refractivity contribution in [1.82, 2.24) is 10.2 Å². The van der Waals surface area contributed by atoms with E-state index in [4.69, 9.17) is 5.73 Å². The number of halogens is 1. The minimum Gasteiger partial charge on any atom is -0.370 e. The third-order valence-electron chi connectivity index (χ3n) is 3.47. The van der Waals surface area contributed by atoms with Crippen LogP contribution >= 0.6 is 24.0 Å². The highest BCUT2D eigenvalue weighted by Crippen LogP contribution is 2.15. The second-order valence-electron chi connectivity index (χ2n) is 5.84. The third-order valence-corrected chi connectivity index (χ3v) is 3.47. The third kappa shape index (κ3) is 9.58. The number of guanidine groups is 1. The average Bonchev–Trinajstić information content (AvgIpc) is 2.36. The number of hydrogen-bond acceptors (Lipinski definition) is 2. The number of rotatable bonds is 7. The van der Waals surface area contributed by atoms with Crippen molar-refractivity contribution in [3.05, 3.63) is 12.2 Å². The molecule has 1 unspecified atom stereocenters. The minimum atomic E-state index is 0. The molecule has 0 radical (unpaired) electrons. The maximum Gasteiger partial charge on any atom is 0.188 e. The molecule has 20 heavy (non-hydrogen) atoms. The first-order valence-corrected chi connectivity index (χ1v) is 7.48. The van der Waals surface area contributed by atoms with Crippen LogP contribution in [0.2, 0.25) is 0 Å². The topological polar surface area (TPSA) is 53.6 Å². The maximum atomic E-state index is 5.75. The maximum absolute atomic E-state index is 5.75. The zero-order chi connectivity index (χ0) is 14.1. The monoisotopic (exact) mass is 394 g/mol. The molecular weight excluding hydrogens is 363 g/mol. The lowest BCUT2D eigenvalue weighted by Gasteiger charge is -2.30. The summed E-state index contributed by atoms with van der Waals surface area (Å²) in [5.74, 6) is 1.41. The predicted octanol–water partition coefficient (Wildman–Crippen LogP) is 2.60. The van der Waals surface area contributed by atoms with Crippen molar-refractivity contribution in [2.75, 3.05) is 32.7 Å². The second-order valence-corrected chi connectivity index (χ2v) is 5.84. The Labute approximate surface area is 141 Å². The number of nitrogens with zero attached hydrogens (tertiary/aromatic N) is 2. The second kappa shape index (κ2) is 11.4. The molecule has 1 aliphatic heterocycles. The fourth-order valence-corrected chi connectivity index (χ4v) is 2.44. The molecule has 1 atom stereocenters. The van der Waals surface area contributed by atoms with Crippen LogP contribution in [-0.4, -0.2) is 43.6 Å². The summed E-state index contributed by atoms with van der Waals surface area (Å²) < 4.78 is 0. The van der Waals surface area contributed by atoms with Gasteiger partial charge in [0.05, 0.1) is 6.54 Å². The van der Waals surface area contributed by atoms with E-state index in [0.717, 1.165) is 24.5 Å². The number of unbranched alkanes of at least 4 members (excludes halogenated alkanes) is 1. The summed E-state index contributed by atoms with van der Waals surface area (Å²) in [5, 5.41) is 3.15. The Morgan fingerprint density at radius 3 is 2.85 bits per heavy atom. The molecule has 1 heterocycles. The highest BCUT2D eigenvalue weighted by atomic mass is 127. The van der Waals surface area contributed by atoms with Gasteiger partial charge in [-0.2, -0.15) is 0 Å². The molecule has 0 aromatic rings. The van der Waals surface area contributed by atoms with Gasteiger partial charge in [0, 0.05) is 13.1 Å². The molecule has 1 fully saturated rings. The van der Waals surface area contributed by atoms with Crippen molar-refractivity contribution in [1.29, 1.82) is 0 Å². The van der Waals surface area contributed by atoms with E-state index in [-0.39, 0.29) is 24.0 Å². The van der Waals surface area contributed by atoms with Gasteiger partial charge in [-0.15, -0.1) is 24.0 Å². The molecule has 3 N–H and O–H groups in total. The molecule has 0 aromatic heterocycles. The van der Waals surface area contributed by atoms with Crippen LogP contribution in [0.15, 0.2) is 17.1 Å². The van der Waals surface area contributed by atoms with E-state index in [1.807, 2.05) is 6.92 Å². The first kappa shape index (κ1) is 19.7. The van der Waals surface area contributed by atoms with Gasteiger partial charge >= 0.3 is 0 Å². The summed E-state index contributed by atoms with van der Waals surface area (Å²) in [4.78, 5) is 6.78. The van der Waals surface area contributed by atoms with E-state index < -0.39 is 0 Å². The Kier molecular flexibility index (Phi) is 11.2. The van der Waals surface area contributed by atoms with Crippen LogP contribution in [-0.2, 0) is 0 Å². The SMILES string of the molecule is C=C(C)CN=C(N)NCCCCN1CCCC(C)C1.I. The van der Waals surface area contributed by atoms with Gasteiger partial charge in [0.25, 0.3) is 0 Å². The van der Waals surface area contributed by atoms with Crippen molar-refractivity contribution in [2.24, 2.45) is 16.6 Å². The van der Waals surface area contributed by atoms with E-state index in [9.17, 15) is 0 Å². The molecule has 0 bridgehead atoms. The van der Waals surface area contributed by atoms with Crippen LogP contribution in [0.1, 0.15) is 39.5 Å². The van der Waals surface area contributed by atoms with Crippen molar-refractivity contribution in [3.63, 3.8) is 0 Å². The Morgan fingerprint density at radius 2 is 2.20 bits per heavy atom. The van der Waals surface area contributed by atoms with Crippen molar-refractivity contribution >= 4 is 29.9 Å². The summed E-state index contributed by atoms with van der Waals surface area (Å²) in [7, 11) is 0. The first-order chi connectivity index (χ1) is 9.08. The number of hydrogen-bond donors (Lipinski definition) is 2. The molecule has 1 rings (SSSR count). The van der Waals surface area contributed by atoms with Gasteiger partial charge in [0.1, 0.15) is 0 Å². The number of nitrogens with two attached hydrogens (primary N) is 1. The Balaban J connectivity index is 0.00000361. The van der Waals surface area contributed by atoms with Crippen molar-refractivity contribution in [2.45, 2.75) is 39.5 Å². The van der Waals surface area contributed by atoms with Crippen molar-refractivity contribution < 1.29 is 0 Å². The summed E-state index contributed by atoms with van der Waals surface area (Å²) in [6, 6.07) is 0. The summed E-state index contributed by atoms with van der Waals surface area (Å²) in [6.45, 7) is 13.4. The van der Waals surface area contributed by atoms with Gasteiger partial charge < -0.3 is 16.0 Å². The predicted molar refractivity (Wildman–Crippen MR) is 98.8 cm³/mol. The zero-order valence-corrected chi connectivity index (χ0v) is 15.4. The van der Waals surface area contributed by atoms with E-state index in [0.29, 0.717) is 12.5 Å². The van der Waals surface area contributed by atoms with Crippen LogP contribution in [0.5, 0.6) is 0 Å². The molecule has 0 aliphatic carbocycles. The van der Waals surface area contributed by atoms with E-state index in [1.54, 1.807) is 0 Å². The Hall–Kier alpha value is -0.300. The fourth-order valence-electron chi connectivity index (χ4n) is 2.44. The molecule has 0 saturated carbocycles. The first-order valence-electron chi connectivity index (χ1n) is 7.48. The van der Waals surface area contributed by atoms with Gasteiger partial charge in [-0.1, -0.05) is 19.1 Å². The van der Waals surface area contributed by atoms with Crippen LogP contribution < -0.4 is 11.1 Å². The number of likely N-dealkylation sites (tertiary alicyclic amines) is 1. The Bertz CT molecular complexity index is 304. The average molecular weight is 394 g/mol. The summed E-state index contributed by atoms with van der Waals surface area (Å²) >= 11 is 0. The van der Waals surface area contributed by atoms with Crippen LogP contribution in [0.4, 0.5) is 0 Å². The smallest absolute Gasteiger partial charge is 0.188 e. The minimum absolute atomic E-state index is 0. The van der Waals surface area contributed by atoms with Gasteiger partial charge in [0.15, 0.2) is 5.96 Å². The van der Waals surface area contributed by atoms with E-state index >= 15 is 0 Å². The van der Waals surface area contributed by atoms with E-state index in [2.05, 4.69) is 28.7 Å². The van der Waals surface area contributed by atoms with Crippen LogP contribution in [0.3, 0.4) is 0 Å². The normalized spacial score (nSPS) is 20.3. The quantitative estimate of drug-likeness (QED) is 0.230. The lowest BCUT2D eigenvalue weighted by Crippen LogP contribution is -2.36. The molecular formula is C15H31IN4. The molecule has 1 aliphatic rings. The summed E-state index contributed by atoms with van der Waals surface area (Å²) in [6.07, 6.45) is 5.13. The number of aliphatic imine (C=N–C) groups is 1. The molecule has 118 valence electrons. The highest BCUT2D eigenvalue weighted by Gasteiger charge is 2.15. The largest absolute Gasteiger partial charge is 0.370 e. The molecule has 0 aromatic carbocycles. The molecule has 4 nitrogen and oxygen atoms in total. The van der Waals surface area contributed by atoms with E-state index in [1.165, 1.54) is 38.9 Å². The number of piperidine rings is 1. The Morgan fingerprint density at radius 1 is 1.45 bits per heavy atom. The number of nitrogens with one attached hydrogen (secondary N) is 1. The molecule has 0 spiro atoms. The fraction of sp³-hybridized carbons (Fsp3) is 0.800. The summed E-state index contributed by atoms with van der Waals surface area (Å²) in [5.41, 5.74) is 6.78. The zero-order valence-electron chi connectivity index (χ0n) is 13.0. The lowest BCUT2D eigenvalue weighted by molar-refractivity contribution is 0.181. The van der Waals surface area contributed by atoms with Gasteiger partial charge in [0.2, 0.25) is 0 Å². The van der Waals surface area contributed by atoms with Crippen LogP contribution in [0, 0.1) is 5.92 Å². The van der Waals surface area contributed by atoms with Gasteiger partial charge in [-0.3, -0.25) is 0 Å². The van der Waals surface area contributed by atoms with Crippen molar-refractivity contribution in [3.8, 4) is 0 Å². The van der Waals surface area contributed by atoms with Gasteiger partial charge in [-0.25, -0.2) is 4.99 Å². The standard InChI is InChI=1S/C15H30N4.HI/c1-13(2)11-18-15(16)17-8-4-5-9-19-10-6-7-14(3)12-19;/h14H,1,4-12H2,2-3H3,(H3,16,17,18);1H. The lowest BCUT2D eigenvalue weighted by atomic mass is 10.0. The van der Waals surface area contributed by atoms with Gasteiger partial charge in [-0.05, 0) is 51.6 Å². The molecule has 1 saturated heterocycles. The van der Waals surface area contributed by atoms with Crippen LogP contribution in [0.25, 0.3) is 0 Å². The highest BCUT2D eigenvalue weighted by molar-refractivity contribution is 14.0. The molecule has 0 amide bonds.